The molecule has 2 rings (SSSR count). The van der Waals surface area contributed by atoms with Crippen molar-refractivity contribution < 1.29 is 5.11 Å². The largest absolute Gasteiger partial charge is 0.396 e. The molecule has 1 spiro atoms. The molecule has 9 heavy (non-hydrogen) atoms. The molecule has 0 unspecified atom stereocenters. The average Bonchev–Trinajstić information content (AvgIpc) is 2.30. The fourth-order valence-electron chi connectivity index (χ4n) is 1.54. The topological polar surface area (TPSA) is 20.2 Å². The van der Waals surface area contributed by atoms with E-state index >= 15 is 0 Å². The van der Waals surface area contributed by atoms with E-state index in [1.807, 2.05) is 0 Å². The van der Waals surface area contributed by atoms with Crippen molar-refractivity contribution in [2.75, 3.05) is 6.61 Å². The monoisotopic (exact) mass is 122 g/mol. The second-order valence-electron chi connectivity index (χ2n) is 2.91. The van der Waals surface area contributed by atoms with E-state index < -0.39 is 0 Å². The predicted molar refractivity (Wildman–Crippen MR) is 35.9 cm³/mol. The summed E-state index contributed by atoms with van der Waals surface area (Å²) in [5.74, 6) is 0.521. The van der Waals surface area contributed by atoms with Gasteiger partial charge in [0.2, 0.25) is 0 Å². The van der Waals surface area contributed by atoms with Gasteiger partial charge in [-0.15, -0.1) is 0 Å². The molecule has 1 atom stereocenters. The van der Waals surface area contributed by atoms with E-state index in [1.165, 1.54) is 0 Å². The maximum absolute atomic E-state index is 8.76. The summed E-state index contributed by atoms with van der Waals surface area (Å²) in [4.78, 5) is 0. The lowest BCUT2D eigenvalue weighted by atomic mass is 10.1. The van der Waals surface area contributed by atoms with E-state index in [0.717, 1.165) is 6.42 Å². The van der Waals surface area contributed by atoms with Gasteiger partial charge >= 0.3 is 0 Å². The minimum absolute atomic E-state index is 0.300. The zero-order chi connectivity index (χ0) is 6.32. The lowest BCUT2D eigenvalue weighted by Gasteiger charge is -1.98. The van der Waals surface area contributed by atoms with Gasteiger partial charge in [-0.3, -0.25) is 0 Å². The smallest absolute Gasteiger partial charge is 0.0471 e. The molecule has 0 heterocycles. The van der Waals surface area contributed by atoms with Crippen molar-refractivity contribution in [1.29, 1.82) is 0 Å². The maximum Gasteiger partial charge on any atom is 0.0471 e. The Balaban J connectivity index is 2.14. The molecule has 1 nitrogen and oxygen atoms in total. The van der Waals surface area contributed by atoms with E-state index in [4.69, 9.17) is 5.11 Å². The maximum atomic E-state index is 8.76. The zero-order valence-electron chi connectivity index (χ0n) is 5.25. The molecule has 0 radical (unpaired) electrons. The van der Waals surface area contributed by atoms with Crippen molar-refractivity contribution in [2.24, 2.45) is 11.3 Å². The first kappa shape index (κ1) is 5.24. The summed E-state index contributed by atoms with van der Waals surface area (Å²) in [6, 6.07) is 0. The van der Waals surface area contributed by atoms with Gasteiger partial charge in [-0.1, -0.05) is 24.3 Å². The standard InChI is InChI=1S/C8H10O/c9-6-7-5-8(7)3-1-2-4-8/h1-4,7,9H,5-6H2/t7-/m0/s1. The third-order valence-electron chi connectivity index (χ3n) is 2.34. The third-order valence-corrected chi connectivity index (χ3v) is 2.34. The van der Waals surface area contributed by atoms with E-state index in [9.17, 15) is 0 Å². The quantitative estimate of drug-likeness (QED) is 0.552. The molecule has 48 valence electrons. The number of aliphatic hydroxyl groups is 1. The first-order chi connectivity index (χ1) is 4.37. The number of hydrogen-bond donors (Lipinski definition) is 1. The summed E-state index contributed by atoms with van der Waals surface area (Å²) < 4.78 is 0. The van der Waals surface area contributed by atoms with Crippen LogP contribution in [0.3, 0.4) is 0 Å². The number of allylic oxidation sites excluding steroid dienone is 4. The van der Waals surface area contributed by atoms with Crippen LogP contribution in [0.2, 0.25) is 0 Å². The van der Waals surface area contributed by atoms with Crippen LogP contribution in [0.5, 0.6) is 0 Å². The van der Waals surface area contributed by atoms with E-state index in [1.54, 1.807) is 0 Å². The van der Waals surface area contributed by atoms with Crippen molar-refractivity contribution in [2.45, 2.75) is 6.42 Å². The van der Waals surface area contributed by atoms with Crippen molar-refractivity contribution in [3.05, 3.63) is 24.3 Å². The Morgan fingerprint density at radius 2 is 2.11 bits per heavy atom. The molecule has 1 fully saturated rings. The normalized spacial score (nSPS) is 34.1. The van der Waals surface area contributed by atoms with E-state index in [2.05, 4.69) is 24.3 Å². The van der Waals surface area contributed by atoms with Gasteiger partial charge in [-0.05, 0) is 12.3 Å². The molecule has 1 N–H and O–H groups in total. The predicted octanol–water partition coefficient (Wildman–Crippen LogP) is 1.11. The Bertz CT molecular complexity index is 167. The van der Waals surface area contributed by atoms with Gasteiger partial charge in [0.05, 0.1) is 0 Å². The molecule has 0 amide bonds. The van der Waals surface area contributed by atoms with E-state index in [-0.39, 0.29) is 0 Å². The fraction of sp³-hybridized carbons (Fsp3) is 0.500. The van der Waals surface area contributed by atoms with Crippen LogP contribution in [-0.4, -0.2) is 11.7 Å². The molecule has 2 aliphatic rings. The number of aliphatic hydroxyl groups excluding tert-OH is 1. The Labute approximate surface area is 54.7 Å². The van der Waals surface area contributed by atoms with Crippen molar-refractivity contribution in [3.8, 4) is 0 Å². The van der Waals surface area contributed by atoms with Gasteiger partial charge in [0.25, 0.3) is 0 Å². The summed E-state index contributed by atoms with van der Waals surface area (Å²) in [6.45, 7) is 0.342. The molecular weight excluding hydrogens is 112 g/mol. The Hall–Kier alpha value is -0.560. The van der Waals surface area contributed by atoms with Gasteiger partial charge in [0.15, 0.2) is 0 Å². The van der Waals surface area contributed by atoms with Gasteiger partial charge in [0, 0.05) is 12.0 Å². The van der Waals surface area contributed by atoms with Crippen LogP contribution in [0, 0.1) is 11.3 Å². The van der Waals surface area contributed by atoms with Crippen LogP contribution in [0.15, 0.2) is 24.3 Å². The number of rotatable bonds is 1. The molecule has 0 aliphatic heterocycles. The Morgan fingerprint density at radius 1 is 1.44 bits per heavy atom. The lowest BCUT2D eigenvalue weighted by Crippen LogP contribution is -1.95. The molecule has 0 bridgehead atoms. The van der Waals surface area contributed by atoms with Crippen LogP contribution in [-0.2, 0) is 0 Å². The van der Waals surface area contributed by atoms with Crippen molar-refractivity contribution in [1.82, 2.24) is 0 Å². The molecule has 0 aromatic carbocycles. The third kappa shape index (κ3) is 0.583. The van der Waals surface area contributed by atoms with Crippen LogP contribution in [0.1, 0.15) is 6.42 Å². The molecular formula is C8H10O. The first-order valence-electron chi connectivity index (χ1n) is 3.35. The van der Waals surface area contributed by atoms with E-state index in [0.29, 0.717) is 17.9 Å². The first-order valence-corrected chi connectivity index (χ1v) is 3.35. The molecule has 0 aromatic heterocycles. The van der Waals surface area contributed by atoms with Gasteiger partial charge in [0.1, 0.15) is 0 Å². The van der Waals surface area contributed by atoms with Gasteiger partial charge in [-0.2, -0.15) is 0 Å². The average molecular weight is 122 g/mol. The highest BCUT2D eigenvalue weighted by Crippen LogP contribution is 2.56. The molecule has 0 aromatic rings. The summed E-state index contributed by atoms with van der Waals surface area (Å²) >= 11 is 0. The highest BCUT2D eigenvalue weighted by atomic mass is 16.3. The molecule has 1 heteroatoms. The highest BCUT2D eigenvalue weighted by molar-refractivity contribution is 5.33. The Morgan fingerprint density at radius 3 is 2.56 bits per heavy atom. The van der Waals surface area contributed by atoms with Gasteiger partial charge < -0.3 is 5.11 Å². The SMILES string of the molecule is OC[C@@H]1CC12C=CC=C2. The Kier molecular flexibility index (Phi) is 0.862. The van der Waals surface area contributed by atoms with Crippen LogP contribution < -0.4 is 0 Å². The summed E-state index contributed by atoms with van der Waals surface area (Å²) in [5.41, 5.74) is 0.300. The van der Waals surface area contributed by atoms with Crippen LogP contribution >= 0.6 is 0 Å². The number of hydrogen-bond acceptors (Lipinski definition) is 1. The molecule has 0 saturated heterocycles. The van der Waals surface area contributed by atoms with Crippen LogP contribution in [0.4, 0.5) is 0 Å². The second kappa shape index (κ2) is 1.48. The highest BCUT2D eigenvalue weighted by Gasteiger charge is 2.50. The molecule has 1 saturated carbocycles. The summed E-state index contributed by atoms with van der Waals surface area (Å²) in [6.07, 6.45) is 9.66. The summed E-state index contributed by atoms with van der Waals surface area (Å²) in [7, 11) is 0. The van der Waals surface area contributed by atoms with Crippen LogP contribution in [0.25, 0.3) is 0 Å². The van der Waals surface area contributed by atoms with Gasteiger partial charge in [-0.25, -0.2) is 0 Å². The summed E-state index contributed by atoms with van der Waals surface area (Å²) in [5, 5.41) is 8.76. The van der Waals surface area contributed by atoms with Crippen molar-refractivity contribution >= 4 is 0 Å². The lowest BCUT2D eigenvalue weighted by molar-refractivity contribution is 0.266. The second-order valence-corrected chi connectivity index (χ2v) is 2.91. The minimum atomic E-state index is 0.300. The molecule has 2 aliphatic carbocycles. The fourth-order valence-corrected chi connectivity index (χ4v) is 1.54. The van der Waals surface area contributed by atoms with Crippen molar-refractivity contribution in [3.63, 3.8) is 0 Å². The zero-order valence-corrected chi connectivity index (χ0v) is 5.25. The minimum Gasteiger partial charge on any atom is -0.396 e.